The standard InChI is InChI=1S/C18H22ClFN2O3/c1-2-25-18(24)17(23)11-22(21)10-12-3-5-13(6-4-12)15-9-14(19)7-8-16(15)20/h3-6,9,17,23H,2,7-8,10-11,21H2,1H3/t17-/m1/s1. The van der Waals surface area contributed by atoms with Gasteiger partial charge in [-0.25, -0.2) is 14.2 Å². The number of allylic oxidation sites excluding steroid dienone is 4. The molecule has 0 amide bonds. The largest absolute Gasteiger partial charge is 0.464 e. The fourth-order valence-electron chi connectivity index (χ4n) is 2.53. The number of benzene rings is 1. The Labute approximate surface area is 151 Å². The minimum Gasteiger partial charge on any atom is -0.464 e. The van der Waals surface area contributed by atoms with Crippen LogP contribution in [0.3, 0.4) is 0 Å². The third-order valence-corrected chi connectivity index (χ3v) is 4.09. The highest BCUT2D eigenvalue weighted by atomic mass is 35.5. The number of esters is 1. The first-order valence-electron chi connectivity index (χ1n) is 8.09. The normalized spacial score (nSPS) is 16.0. The van der Waals surface area contributed by atoms with Crippen LogP contribution >= 0.6 is 11.6 Å². The van der Waals surface area contributed by atoms with Gasteiger partial charge in [-0.2, -0.15) is 0 Å². The zero-order valence-electron chi connectivity index (χ0n) is 14.0. The second-order valence-electron chi connectivity index (χ2n) is 5.80. The van der Waals surface area contributed by atoms with Crippen molar-refractivity contribution in [2.45, 2.75) is 32.4 Å². The molecule has 2 rings (SSSR count). The first kappa shape index (κ1) is 19.6. The summed E-state index contributed by atoms with van der Waals surface area (Å²) < 4.78 is 18.7. The molecule has 136 valence electrons. The number of aliphatic hydroxyl groups excluding tert-OH is 1. The van der Waals surface area contributed by atoms with Gasteiger partial charge in [0.1, 0.15) is 5.83 Å². The van der Waals surface area contributed by atoms with Gasteiger partial charge in [-0.1, -0.05) is 35.9 Å². The van der Waals surface area contributed by atoms with Crippen molar-refractivity contribution in [3.8, 4) is 0 Å². The Kier molecular flexibility index (Phi) is 7.13. The number of rotatable bonds is 7. The van der Waals surface area contributed by atoms with Gasteiger partial charge >= 0.3 is 5.97 Å². The molecule has 0 saturated heterocycles. The average Bonchev–Trinajstić information content (AvgIpc) is 2.58. The number of nitrogens with zero attached hydrogens (tertiary/aromatic N) is 1. The Hall–Kier alpha value is -1.73. The molecule has 1 aromatic carbocycles. The Morgan fingerprint density at radius 1 is 1.40 bits per heavy atom. The molecule has 1 aromatic rings. The predicted molar refractivity (Wildman–Crippen MR) is 94.9 cm³/mol. The Bertz CT molecular complexity index is 673. The average molecular weight is 369 g/mol. The number of aliphatic hydroxyl groups is 1. The molecule has 0 unspecified atom stereocenters. The Balaban J connectivity index is 1.97. The first-order valence-corrected chi connectivity index (χ1v) is 8.47. The van der Waals surface area contributed by atoms with E-state index in [1.165, 1.54) is 5.01 Å². The number of hydrogen-bond acceptors (Lipinski definition) is 5. The highest BCUT2D eigenvalue weighted by Gasteiger charge is 2.19. The molecule has 0 radical (unpaired) electrons. The molecule has 3 N–H and O–H groups in total. The molecule has 1 aliphatic rings. The van der Waals surface area contributed by atoms with Crippen LogP contribution in [-0.4, -0.2) is 35.3 Å². The summed E-state index contributed by atoms with van der Waals surface area (Å²) in [5.41, 5.74) is 2.12. The molecule has 0 aromatic heterocycles. The van der Waals surface area contributed by atoms with Crippen molar-refractivity contribution in [1.82, 2.24) is 5.01 Å². The zero-order chi connectivity index (χ0) is 18.4. The second kappa shape index (κ2) is 9.10. The van der Waals surface area contributed by atoms with Crippen LogP contribution in [0.4, 0.5) is 4.39 Å². The van der Waals surface area contributed by atoms with Crippen molar-refractivity contribution in [2.24, 2.45) is 5.84 Å². The van der Waals surface area contributed by atoms with E-state index in [1.807, 2.05) is 12.1 Å². The van der Waals surface area contributed by atoms with Crippen LogP contribution < -0.4 is 5.84 Å². The Morgan fingerprint density at radius 2 is 2.08 bits per heavy atom. The van der Waals surface area contributed by atoms with Gasteiger partial charge in [-0.05, 0) is 30.5 Å². The van der Waals surface area contributed by atoms with Gasteiger partial charge < -0.3 is 9.84 Å². The van der Waals surface area contributed by atoms with E-state index < -0.39 is 12.1 Å². The van der Waals surface area contributed by atoms with Gasteiger partial charge in [-0.3, -0.25) is 5.84 Å². The van der Waals surface area contributed by atoms with E-state index >= 15 is 0 Å². The molecule has 0 bridgehead atoms. The summed E-state index contributed by atoms with van der Waals surface area (Å²) in [6, 6.07) is 7.24. The number of hydrogen-bond donors (Lipinski definition) is 2. The first-order chi connectivity index (χ1) is 11.9. The summed E-state index contributed by atoms with van der Waals surface area (Å²) in [5.74, 6) is 4.96. The smallest absolute Gasteiger partial charge is 0.336 e. The van der Waals surface area contributed by atoms with Gasteiger partial charge in [-0.15, -0.1) is 0 Å². The maximum Gasteiger partial charge on any atom is 0.336 e. The van der Waals surface area contributed by atoms with E-state index in [2.05, 4.69) is 0 Å². The molecule has 0 saturated carbocycles. The van der Waals surface area contributed by atoms with Gasteiger partial charge in [0.05, 0.1) is 13.2 Å². The van der Waals surface area contributed by atoms with Crippen molar-refractivity contribution in [3.63, 3.8) is 0 Å². The lowest BCUT2D eigenvalue weighted by atomic mass is 9.97. The third kappa shape index (κ3) is 5.64. The molecule has 0 heterocycles. The summed E-state index contributed by atoms with van der Waals surface area (Å²) in [6.07, 6.45) is 1.20. The van der Waals surface area contributed by atoms with Crippen LogP contribution in [0, 0.1) is 0 Å². The van der Waals surface area contributed by atoms with Crippen LogP contribution in [0.15, 0.2) is 41.2 Å². The highest BCUT2D eigenvalue weighted by Crippen LogP contribution is 2.33. The van der Waals surface area contributed by atoms with Crippen molar-refractivity contribution >= 4 is 23.1 Å². The number of carbonyl (C=O) groups is 1. The number of halogens is 2. The lowest BCUT2D eigenvalue weighted by Crippen LogP contribution is -2.41. The van der Waals surface area contributed by atoms with Crippen molar-refractivity contribution < 1.29 is 19.0 Å². The molecular weight excluding hydrogens is 347 g/mol. The zero-order valence-corrected chi connectivity index (χ0v) is 14.8. The fourth-order valence-corrected chi connectivity index (χ4v) is 2.74. The minimum atomic E-state index is -1.29. The number of ether oxygens (including phenoxy) is 1. The maximum absolute atomic E-state index is 14.0. The van der Waals surface area contributed by atoms with Crippen LogP contribution in [0.2, 0.25) is 0 Å². The van der Waals surface area contributed by atoms with Crippen molar-refractivity contribution in [1.29, 1.82) is 0 Å². The molecule has 25 heavy (non-hydrogen) atoms. The molecular formula is C18H22ClFN2O3. The van der Waals surface area contributed by atoms with Crippen LogP contribution in [0.1, 0.15) is 30.9 Å². The van der Waals surface area contributed by atoms with Gasteiger partial charge in [0.2, 0.25) is 0 Å². The van der Waals surface area contributed by atoms with E-state index in [0.717, 1.165) is 11.1 Å². The van der Waals surface area contributed by atoms with E-state index in [1.54, 1.807) is 25.1 Å². The molecule has 0 spiro atoms. The number of carbonyl (C=O) groups excluding carboxylic acids is 1. The Morgan fingerprint density at radius 3 is 2.72 bits per heavy atom. The SMILES string of the molecule is CCOC(=O)[C@H](O)CN(N)Cc1ccc(C2=C(F)CCC(Cl)=C2)cc1. The number of nitrogens with two attached hydrogens (primary N) is 1. The molecule has 1 aliphatic carbocycles. The second-order valence-corrected chi connectivity index (χ2v) is 6.29. The quantitative estimate of drug-likeness (QED) is 0.439. The third-order valence-electron chi connectivity index (χ3n) is 3.79. The molecule has 0 aliphatic heterocycles. The summed E-state index contributed by atoms with van der Waals surface area (Å²) in [7, 11) is 0. The fraction of sp³-hybridized carbons (Fsp3) is 0.389. The van der Waals surface area contributed by atoms with Gasteiger partial charge in [0.15, 0.2) is 6.10 Å². The topological polar surface area (TPSA) is 75.8 Å². The maximum atomic E-state index is 14.0. The van der Waals surface area contributed by atoms with E-state index in [-0.39, 0.29) is 19.0 Å². The molecule has 7 heteroatoms. The summed E-state index contributed by atoms with van der Waals surface area (Å²) in [6.45, 7) is 2.15. The van der Waals surface area contributed by atoms with Crippen molar-refractivity contribution in [3.05, 3.63) is 52.3 Å². The van der Waals surface area contributed by atoms with Crippen molar-refractivity contribution in [2.75, 3.05) is 13.2 Å². The van der Waals surface area contributed by atoms with E-state index in [0.29, 0.717) is 30.0 Å². The summed E-state index contributed by atoms with van der Waals surface area (Å²) >= 11 is 6.00. The van der Waals surface area contributed by atoms with Gasteiger partial charge in [0, 0.05) is 23.6 Å². The van der Waals surface area contributed by atoms with Crippen LogP contribution in [-0.2, 0) is 16.1 Å². The van der Waals surface area contributed by atoms with E-state index in [4.69, 9.17) is 22.2 Å². The lowest BCUT2D eigenvalue weighted by Gasteiger charge is -2.19. The highest BCUT2D eigenvalue weighted by molar-refractivity contribution is 6.30. The lowest BCUT2D eigenvalue weighted by molar-refractivity contribution is -0.154. The summed E-state index contributed by atoms with van der Waals surface area (Å²) in [5, 5.41) is 11.7. The minimum absolute atomic E-state index is 0.0429. The summed E-state index contributed by atoms with van der Waals surface area (Å²) in [4.78, 5) is 11.4. The van der Waals surface area contributed by atoms with Gasteiger partial charge in [0.25, 0.3) is 0 Å². The molecule has 1 atom stereocenters. The molecule has 0 fully saturated rings. The number of hydrazine groups is 1. The molecule has 5 nitrogen and oxygen atoms in total. The van der Waals surface area contributed by atoms with Crippen LogP contribution in [0.25, 0.3) is 5.57 Å². The van der Waals surface area contributed by atoms with Crippen LogP contribution in [0.5, 0.6) is 0 Å². The predicted octanol–water partition coefficient (Wildman–Crippen LogP) is 2.88. The van der Waals surface area contributed by atoms with E-state index in [9.17, 15) is 14.3 Å². The monoisotopic (exact) mass is 368 g/mol.